The molecule has 4 heteroatoms. The van der Waals surface area contributed by atoms with E-state index in [9.17, 15) is 0 Å². The lowest BCUT2D eigenvalue weighted by Crippen LogP contribution is -2.04. The van der Waals surface area contributed by atoms with Gasteiger partial charge in [0.05, 0.1) is 6.54 Å². The molecule has 17 heavy (non-hydrogen) atoms. The van der Waals surface area contributed by atoms with Crippen molar-refractivity contribution in [3.63, 3.8) is 0 Å². The lowest BCUT2D eigenvalue weighted by atomic mass is 10.2. The molecule has 4 nitrogen and oxygen atoms in total. The standard InChI is InChI=1S/C13H12N4/c1-2-4-13-12(3-1)15-17(16-13)10-7-11-5-8-14-9-6-11/h1-6,8-9H,7,10H2. The number of hydrogen-bond donors (Lipinski definition) is 0. The fraction of sp³-hybridized carbons (Fsp3) is 0.154. The maximum Gasteiger partial charge on any atom is 0.113 e. The Morgan fingerprint density at radius 3 is 2.18 bits per heavy atom. The van der Waals surface area contributed by atoms with E-state index in [0.717, 1.165) is 24.0 Å². The summed E-state index contributed by atoms with van der Waals surface area (Å²) < 4.78 is 0. The predicted octanol–water partition coefficient (Wildman–Crippen LogP) is 2.07. The van der Waals surface area contributed by atoms with E-state index in [1.165, 1.54) is 5.56 Å². The number of aryl methyl sites for hydroxylation is 2. The van der Waals surface area contributed by atoms with E-state index >= 15 is 0 Å². The molecule has 0 spiro atoms. The lowest BCUT2D eigenvalue weighted by molar-refractivity contribution is 0.544. The van der Waals surface area contributed by atoms with E-state index in [-0.39, 0.29) is 0 Å². The normalized spacial score (nSPS) is 10.8. The molecule has 0 unspecified atom stereocenters. The Balaban J connectivity index is 1.77. The minimum absolute atomic E-state index is 0.790. The molecule has 2 aromatic heterocycles. The van der Waals surface area contributed by atoms with Crippen molar-refractivity contribution in [2.24, 2.45) is 0 Å². The quantitative estimate of drug-likeness (QED) is 0.684. The van der Waals surface area contributed by atoms with Crippen LogP contribution in [0.2, 0.25) is 0 Å². The van der Waals surface area contributed by atoms with Gasteiger partial charge in [0, 0.05) is 12.4 Å². The molecule has 0 aliphatic rings. The fourth-order valence-electron chi connectivity index (χ4n) is 1.78. The first-order valence-corrected chi connectivity index (χ1v) is 5.60. The number of hydrogen-bond acceptors (Lipinski definition) is 3. The first kappa shape index (κ1) is 9.96. The zero-order valence-corrected chi connectivity index (χ0v) is 9.32. The van der Waals surface area contributed by atoms with Crippen molar-refractivity contribution < 1.29 is 0 Å². The number of rotatable bonds is 3. The van der Waals surface area contributed by atoms with Crippen LogP contribution in [0, 0.1) is 0 Å². The number of pyridine rings is 1. The Morgan fingerprint density at radius 2 is 1.53 bits per heavy atom. The second-order valence-corrected chi connectivity index (χ2v) is 3.89. The van der Waals surface area contributed by atoms with Gasteiger partial charge in [-0.3, -0.25) is 4.98 Å². The molecule has 3 rings (SSSR count). The SMILES string of the molecule is c1ccc2nn(CCc3ccncc3)nc2c1. The molecule has 3 aromatic rings. The van der Waals surface area contributed by atoms with E-state index in [1.807, 2.05) is 48.8 Å². The second-order valence-electron chi connectivity index (χ2n) is 3.89. The van der Waals surface area contributed by atoms with Gasteiger partial charge in [-0.25, -0.2) is 0 Å². The van der Waals surface area contributed by atoms with Gasteiger partial charge < -0.3 is 0 Å². The second kappa shape index (κ2) is 4.33. The first-order chi connectivity index (χ1) is 8.42. The zero-order chi connectivity index (χ0) is 11.5. The largest absolute Gasteiger partial charge is 0.265 e. The first-order valence-electron chi connectivity index (χ1n) is 5.60. The van der Waals surface area contributed by atoms with Crippen LogP contribution in [0.3, 0.4) is 0 Å². The number of fused-ring (bicyclic) bond motifs is 1. The lowest BCUT2D eigenvalue weighted by Gasteiger charge is -1.99. The Morgan fingerprint density at radius 1 is 0.882 bits per heavy atom. The predicted molar refractivity (Wildman–Crippen MR) is 65.5 cm³/mol. The minimum atomic E-state index is 0.790. The Kier molecular flexibility index (Phi) is 2.54. The highest BCUT2D eigenvalue weighted by atomic mass is 15.5. The molecule has 0 aliphatic carbocycles. The molecule has 0 amide bonds. The summed E-state index contributed by atoms with van der Waals surface area (Å²) in [5.41, 5.74) is 3.14. The molecule has 84 valence electrons. The van der Waals surface area contributed by atoms with Gasteiger partial charge in [-0.15, -0.1) is 0 Å². The van der Waals surface area contributed by atoms with E-state index in [1.54, 1.807) is 4.80 Å². The van der Waals surface area contributed by atoms with Crippen molar-refractivity contribution in [2.75, 3.05) is 0 Å². The third kappa shape index (κ3) is 2.15. The van der Waals surface area contributed by atoms with Gasteiger partial charge in [0.25, 0.3) is 0 Å². The number of benzene rings is 1. The highest BCUT2D eigenvalue weighted by molar-refractivity contribution is 5.72. The van der Waals surface area contributed by atoms with Crippen LogP contribution < -0.4 is 0 Å². The van der Waals surface area contributed by atoms with Crippen molar-refractivity contribution in [2.45, 2.75) is 13.0 Å². The van der Waals surface area contributed by atoms with Crippen LogP contribution in [0.25, 0.3) is 11.0 Å². The van der Waals surface area contributed by atoms with Crippen LogP contribution >= 0.6 is 0 Å². The highest BCUT2D eigenvalue weighted by Crippen LogP contribution is 2.07. The zero-order valence-electron chi connectivity index (χ0n) is 9.32. The van der Waals surface area contributed by atoms with Crippen LogP contribution in [0.4, 0.5) is 0 Å². The van der Waals surface area contributed by atoms with Gasteiger partial charge in [0.15, 0.2) is 0 Å². The van der Waals surface area contributed by atoms with Crippen LogP contribution in [0.1, 0.15) is 5.56 Å². The molecular formula is C13H12N4. The van der Waals surface area contributed by atoms with Gasteiger partial charge in [-0.05, 0) is 36.2 Å². The maximum atomic E-state index is 4.42. The fourth-order valence-corrected chi connectivity index (χ4v) is 1.78. The van der Waals surface area contributed by atoms with E-state index in [4.69, 9.17) is 0 Å². The average molecular weight is 224 g/mol. The van der Waals surface area contributed by atoms with Gasteiger partial charge in [0.2, 0.25) is 0 Å². The molecule has 1 aromatic carbocycles. The Hall–Kier alpha value is -2.23. The van der Waals surface area contributed by atoms with Crippen molar-refractivity contribution in [3.05, 3.63) is 54.4 Å². The van der Waals surface area contributed by atoms with Crippen molar-refractivity contribution >= 4 is 11.0 Å². The van der Waals surface area contributed by atoms with Crippen molar-refractivity contribution in [3.8, 4) is 0 Å². The monoisotopic (exact) mass is 224 g/mol. The smallest absolute Gasteiger partial charge is 0.113 e. The van der Waals surface area contributed by atoms with Crippen molar-refractivity contribution in [1.29, 1.82) is 0 Å². The Bertz CT molecular complexity index is 582. The molecule has 0 atom stereocenters. The molecule has 0 bridgehead atoms. The molecule has 0 radical (unpaired) electrons. The summed E-state index contributed by atoms with van der Waals surface area (Å²) in [5, 5.41) is 8.84. The number of aromatic nitrogens is 4. The topological polar surface area (TPSA) is 43.6 Å². The molecule has 0 saturated carbocycles. The van der Waals surface area contributed by atoms with Gasteiger partial charge >= 0.3 is 0 Å². The van der Waals surface area contributed by atoms with Crippen molar-refractivity contribution in [1.82, 2.24) is 20.0 Å². The van der Waals surface area contributed by atoms with Gasteiger partial charge in [0.1, 0.15) is 11.0 Å². The molecule has 0 fully saturated rings. The molecule has 0 saturated heterocycles. The van der Waals surface area contributed by atoms with Crippen LogP contribution in [0.5, 0.6) is 0 Å². The Labute approximate surface area is 98.9 Å². The minimum Gasteiger partial charge on any atom is -0.265 e. The summed E-state index contributed by atoms with van der Waals surface area (Å²) in [6, 6.07) is 11.9. The molecular weight excluding hydrogens is 212 g/mol. The summed E-state index contributed by atoms with van der Waals surface area (Å²) >= 11 is 0. The van der Waals surface area contributed by atoms with Gasteiger partial charge in [-0.1, -0.05) is 12.1 Å². The van der Waals surface area contributed by atoms with Crippen LogP contribution in [0.15, 0.2) is 48.8 Å². The third-order valence-electron chi connectivity index (χ3n) is 2.68. The molecule has 0 N–H and O–H groups in total. The summed E-state index contributed by atoms with van der Waals surface area (Å²) in [4.78, 5) is 5.75. The molecule has 0 aliphatic heterocycles. The summed E-state index contributed by atoms with van der Waals surface area (Å²) in [6.45, 7) is 0.790. The van der Waals surface area contributed by atoms with Gasteiger partial charge in [-0.2, -0.15) is 15.0 Å². The summed E-state index contributed by atoms with van der Waals surface area (Å²) in [5.74, 6) is 0. The van der Waals surface area contributed by atoms with E-state index in [2.05, 4.69) is 15.2 Å². The third-order valence-corrected chi connectivity index (χ3v) is 2.68. The maximum absolute atomic E-state index is 4.42. The van der Waals surface area contributed by atoms with Crippen LogP contribution in [-0.2, 0) is 13.0 Å². The van der Waals surface area contributed by atoms with Crippen LogP contribution in [-0.4, -0.2) is 20.0 Å². The highest BCUT2D eigenvalue weighted by Gasteiger charge is 2.01. The summed E-state index contributed by atoms with van der Waals surface area (Å²) in [6.07, 6.45) is 4.54. The van der Waals surface area contributed by atoms with E-state index < -0.39 is 0 Å². The number of nitrogens with zero attached hydrogens (tertiary/aromatic N) is 4. The average Bonchev–Trinajstić information content (AvgIpc) is 2.80. The summed E-state index contributed by atoms with van der Waals surface area (Å²) in [7, 11) is 0. The molecule has 2 heterocycles. The van der Waals surface area contributed by atoms with E-state index in [0.29, 0.717) is 0 Å².